The van der Waals surface area contributed by atoms with E-state index >= 15 is 0 Å². The molecule has 104 valence electrons. The first-order chi connectivity index (χ1) is 8.90. The van der Waals surface area contributed by atoms with Crippen LogP contribution in [0.15, 0.2) is 24.3 Å². The van der Waals surface area contributed by atoms with Crippen LogP contribution in [0.2, 0.25) is 0 Å². The van der Waals surface area contributed by atoms with Crippen LogP contribution in [0.4, 0.5) is 5.69 Å². The Morgan fingerprint density at radius 1 is 1.21 bits per heavy atom. The fourth-order valence-corrected chi connectivity index (χ4v) is 1.55. The van der Waals surface area contributed by atoms with Gasteiger partial charge in [0.15, 0.2) is 0 Å². The fourth-order valence-electron chi connectivity index (χ4n) is 1.55. The summed E-state index contributed by atoms with van der Waals surface area (Å²) in [5.41, 5.74) is 6.26. The van der Waals surface area contributed by atoms with E-state index in [1.165, 1.54) is 0 Å². The number of nitrogens with zero attached hydrogens (tertiary/aromatic N) is 1. The van der Waals surface area contributed by atoms with Gasteiger partial charge < -0.3 is 4.90 Å². The standard InChI is InChI=1S/C14H21N3O2/c1-10(2)8-13(18)15-16-14(19)11-6-5-7-12(9-11)17(3)4/h5-7,9-10H,8H2,1-4H3,(H,15,18)(H,16,19). The van der Waals surface area contributed by atoms with Crippen molar-refractivity contribution >= 4 is 17.5 Å². The molecule has 0 spiro atoms. The minimum absolute atomic E-state index is 0.188. The van der Waals surface area contributed by atoms with E-state index in [4.69, 9.17) is 0 Å². The van der Waals surface area contributed by atoms with Crippen molar-refractivity contribution in [3.63, 3.8) is 0 Å². The van der Waals surface area contributed by atoms with Gasteiger partial charge in [0, 0.05) is 31.8 Å². The zero-order chi connectivity index (χ0) is 14.4. The van der Waals surface area contributed by atoms with E-state index in [1.807, 2.05) is 38.9 Å². The van der Waals surface area contributed by atoms with E-state index in [2.05, 4.69) is 10.9 Å². The Hall–Kier alpha value is -2.04. The van der Waals surface area contributed by atoms with Gasteiger partial charge in [0.2, 0.25) is 5.91 Å². The Kier molecular flexibility index (Phi) is 5.36. The van der Waals surface area contributed by atoms with Gasteiger partial charge in [-0.3, -0.25) is 20.4 Å². The molecule has 0 aliphatic rings. The molecular formula is C14H21N3O2. The van der Waals surface area contributed by atoms with Crippen molar-refractivity contribution in [3.05, 3.63) is 29.8 Å². The van der Waals surface area contributed by atoms with Crippen molar-refractivity contribution in [2.45, 2.75) is 20.3 Å². The monoisotopic (exact) mass is 263 g/mol. The molecule has 0 atom stereocenters. The van der Waals surface area contributed by atoms with E-state index in [0.717, 1.165) is 5.69 Å². The second-order valence-corrected chi connectivity index (χ2v) is 5.05. The molecule has 5 heteroatoms. The van der Waals surface area contributed by atoms with Crippen LogP contribution in [-0.2, 0) is 4.79 Å². The van der Waals surface area contributed by atoms with Crippen LogP contribution in [0.5, 0.6) is 0 Å². The van der Waals surface area contributed by atoms with Gasteiger partial charge in [0.25, 0.3) is 5.91 Å². The van der Waals surface area contributed by atoms with Gasteiger partial charge in [-0.2, -0.15) is 0 Å². The zero-order valence-corrected chi connectivity index (χ0v) is 11.9. The van der Waals surface area contributed by atoms with Crippen LogP contribution in [0.3, 0.4) is 0 Å². The van der Waals surface area contributed by atoms with Gasteiger partial charge in [0.1, 0.15) is 0 Å². The third-order valence-electron chi connectivity index (χ3n) is 2.53. The molecule has 0 saturated heterocycles. The molecule has 0 bridgehead atoms. The molecule has 0 radical (unpaired) electrons. The Labute approximate surface area is 114 Å². The number of rotatable bonds is 4. The van der Waals surface area contributed by atoms with E-state index in [0.29, 0.717) is 12.0 Å². The minimum Gasteiger partial charge on any atom is -0.378 e. The van der Waals surface area contributed by atoms with Crippen molar-refractivity contribution in [1.82, 2.24) is 10.9 Å². The highest BCUT2D eigenvalue weighted by Gasteiger charge is 2.09. The molecule has 19 heavy (non-hydrogen) atoms. The molecule has 1 rings (SSSR count). The molecule has 0 fully saturated rings. The number of hydrogen-bond acceptors (Lipinski definition) is 3. The summed E-state index contributed by atoms with van der Waals surface area (Å²) in [7, 11) is 3.81. The first-order valence-electron chi connectivity index (χ1n) is 6.26. The Morgan fingerprint density at radius 2 is 1.89 bits per heavy atom. The maximum Gasteiger partial charge on any atom is 0.269 e. The summed E-state index contributed by atoms with van der Waals surface area (Å²) >= 11 is 0. The number of hydrazine groups is 1. The number of amides is 2. The largest absolute Gasteiger partial charge is 0.378 e. The van der Waals surface area contributed by atoms with Crippen molar-refractivity contribution in [2.24, 2.45) is 5.92 Å². The lowest BCUT2D eigenvalue weighted by molar-refractivity contribution is -0.122. The van der Waals surface area contributed by atoms with E-state index in [9.17, 15) is 9.59 Å². The molecule has 0 aliphatic carbocycles. The average molecular weight is 263 g/mol. The highest BCUT2D eigenvalue weighted by atomic mass is 16.2. The lowest BCUT2D eigenvalue weighted by atomic mass is 10.1. The van der Waals surface area contributed by atoms with Gasteiger partial charge in [-0.25, -0.2) is 0 Å². The number of carbonyl (C=O) groups excluding carboxylic acids is 2. The van der Waals surface area contributed by atoms with E-state index in [-0.39, 0.29) is 17.7 Å². The van der Waals surface area contributed by atoms with Gasteiger partial charge in [-0.05, 0) is 24.1 Å². The molecule has 2 N–H and O–H groups in total. The maximum absolute atomic E-state index is 11.9. The predicted octanol–water partition coefficient (Wildman–Crippen LogP) is 1.56. The van der Waals surface area contributed by atoms with Crippen LogP contribution in [-0.4, -0.2) is 25.9 Å². The number of benzene rings is 1. The summed E-state index contributed by atoms with van der Waals surface area (Å²) < 4.78 is 0. The van der Waals surface area contributed by atoms with Gasteiger partial charge in [0.05, 0.1) is 0 Å². The lowest BCUT2D eigenvalue weighted by Crippen LogP contribution is -2.42. The third kappa shape index (κ3) is 4.99. The van der Waals surface area contributed by atoms with Gasteiger partial charge in [-0.15, -0.1) is 0 Å². The number of nitrogens with one attached hydrogen (secondary N) is 2. The molecule has 0 unspecified atom stereocenters. The first kappa shape index (κ1) is 15.0. The van der Waals surface area contributed by atoms with Crippen LogP contribution >= 0.6 is 0 Å². The maximum atomic E-state index is 11.9. The molecule has 0 aliphatic heterocycles. The third-order valence-corrected chi connectivity index (χ3v) is 2.53. The molecule has 2 amide bonds. The topological polar surface area (TPSA) is 61.4 Å². The van der Waals surface area contributed by atoms with E-state index in [1.54, 1.807) is 18.2 Å². The first-order valence-corrected chi connectivity index (χ1v) is 6.26. The van der Waals surface area contributed by atoms with Crippen LogP contribution in [0.1, 0.15) is 30.6 Å². The molecular weight excluding hydrogens is 242 g/mol. The molecule has 1 aromatic carbocycles. The second-order valence-electron chi connectivity index (χ2n) is 5.05. The van der Waals surface area contributed by atoms with Crippen molar-refractivity contribution in [3.8, 4) is 0 Å². The average Bonchev–Trinajstić information content (AvgIpc) is 2.35. The highest BCUT2D eigenvalue weighted by molar-refractivity contribution is 5.96. The Bertz CT molecular complexity index is 456. The second kappa shape index (κ2) is 6.78. The minimum atomic E-state index is -0.319. The Morgan fingerprint density at radius 3 is 2.47 bits per heavy atom. The summed E-state index contributed by atoms with van der Waals surface area (Å²) in [6, 6.07) is 7.19. The van der Waals surface area contributed by atoms with Crippen LogP contribution in [0.25, 0.3) is 0 Å². The summed E-state index contributed by atoms with van der Waals surface area (Å²) in [6.45, 7) is 3.89. The molecule has 5 nitrogen and oxygen atoms in total. The normalized spacial score (nSPS) is 10.2. The fraction of sp³-hybridized carbons (Fsp3) is 0.429. The van der Waals surface area contributed by atoms with Crippen molar-refractivity contribution < 1.29 is 9.59 Å². The molecule has 1 aromatic rings. The molecule has 0 heterocycles. The highest BCUT2D eigenvalue weighted by Crippen LogP contribution is 2.12. The SMILES string of the molecule is CC(C)CC(=O)NNC(=O)c1cccc(N(C)C)c1. The van der Waals surface area contributed by atoms with E-state index < -0.39 is 0 Å². The quantitative estimate of drug-likeness (QED) is 0.810. The predicted molar refractivity (Wildman–Crippen MR) is 75.8 cm³/mol. The number of carbonyl (C=O) groups is 2. The summed E-state index contributed by atoms with van der Waals surface area (Å²) in [4.78, 5) is 25.2. The van der Waals surface area contributed by atoms with Crippen LogP contribution < -0.4 is 15.8 Å². The molecule has 0 saturated carbocycles. The Balaban J connectivity index is 2.59. The number of hydrogen-bond donors (Lipinski definition) is 2. The van der Waals surface area contributed by atoms with Crippen molar-refractivity contribution in [1.29, 1.82) is 0 Å². The summed E-state index contributed by atoms with van der Waals surface area (Å²) in [6.07, 6.45) is 0.387. The summed E-state index contributed by atoms with van der Waals surface area (Å²) in [5.74, 6) is -0.248. The lowest BCUT2D eigenvalue weighted by Gasteiger charge is -2.14. The van der Waals surface area contributed by atoms with Gasteiger partial charge >= 0.3 is 0 Å². The van der Waals surface area contributed by atoms with Crippen LogP contribution in [0, 0.1) is 5.92 Å². The summed E-state index contributed by atoms with van der Waals surface area (Å²) in [5, 5.41) is 0. The van der Waals surface area contributed by atoms with Crippen molar-refractivity contribution in [2.75, 3.05) is 19.0 Å². The van der Waals surface area contributed by atoms with Gasteiger partial charge in [-0.1, -0.05) is 19.9 Å². The number of anilines is 1. The smallest absolute Gasteiger partial charge is 0.269 e. The zero-order valence-electron chi connectivity index (χ0n) is 11.9. The molecule has 0 aromatic heterocycles.